The van der Waals surface area contributed by atoms with Crippen molar-refractivity contribution in [2.24, 2.45) is 17.8 Å². The monoisotopic (exact) mass is 725 g/mol. The summed E-state index contributed by atoms with van der Waals surface area (Å²) in [6.45, 7) is 14.3. The fourth-order valence-corrected chi connectivity index (χ4v) is 7.43. The van der Waals surface area contributed by atoms with Crippen LogP contribution in [-0.2, 0) is 25.5 Å². The molecule has 0 aliphatic carbocycles. The average molecular weight is 726 g/mol. The number of amides is 3. The molecule has 2 heterocycles. The van der Waals surface area contributed by atoms with Crippen molar-refractivity contribution in [3.8, 4) is 0 Å². The van der Waals surface area contributed by atoms with Gasteiger partial charge in [0.05, 0.1) is 12.0 Å². The highest BCUT2D eigenvalue weighted by Crippen LogP contribution is 2.28. The van der Waals surface area contributed by atoms with Crippen molar-refractivity contribution >= 4 is 35.0 Å². The number of carbonyl (C=O) groups excluding carboxylic acids is 4. The molecule has 0 unspecified atom stereocenters. The van der Waals surface area contributed by atoms with Crippen LogP contribution in [0.3, 0.4) is 0 Å². The summed E-state index contributed by atoms with van der Waals surface area (Å²) in [6.07, 6.45) is 5.11. The summed E-state index contributed by atoms with van der Waals surface area (Å²) in [4.78, 5) is 61.5. The first-order valence-electron chi connectivity index (χ1n) is 18.3. The Bertz CT molecular complexity index is 1430. The minimum atomic E-state index is -1.02. The summed E-state index contributed by atoms with van der Waals surface area (Å²) in [5.41, 5.74) is 1.19. The van der Waals surface area contributed by atoms with Crippen molar-refractivity contribution in [1.82, 2.24) is 25.4 Å². The fourth-order valence-electron chi connectivity index (χ4n) is 6.63. The predicted octanol–water partition coefficient (Wildman–Crippen LogP) is 5.16. The predicted molar refractivity (Wildman–Crippen MR) is 201 cm³/mol. The summed E-state index contributed by atoms with van der Waals surface area (Å²) >= 11 is 1.19. The van der Waals surface area contributed by atoms with Gasteiger partial charge in [-0.25, -0.2) is 4.98 Å². The third-order valence-electron chi connectivity index (χ3n) is 10.0. The van der Waals surface area contributed by atoms with Crippen molar-refractivity contribution in [3.05, 3.63) is 64.6 Å². The molecule has 2 aromatic rings. The Morgan fingerprint density at radius 2 is 1.82 bits per heavy atom. The number of benzene rings is 1. The number of aromatic nitrogens is 1. The van der Waals surface area contributed by atoms with Crippen LogP contribution in [-0.4, -0.2) is 95.0 Å². The molecule has 3 amide bonds. The van der Waals surface area contributed by atoms with Crippen molar-refractivity contribution < 1.29 is 29.0 Å². The minimum Gasteiger partial charge on any atom is -0.461 e. The molecule has 0 spiro atoms. The molecule has 282 valence electrons. The summed E-state index contributed by atoms with van der Waals surface area (Å²) in [5, 5.41) is 19.5. The van der Waals surface area contributed by atoms with Crippen LogP contribution in [0, 0.1) is 17.8 Å². The molecule has 7 atom stereocenters. The highest BCUT2D eigenvalue weighted by atomic mass is 32.1. The van der Waals surface area contributed by atoms with Gasteiger partial charge in [0.15, 0.2) is 0 Å². The summed E-state index contributed by atoms with van der Waals surface area (Å²) in [5.74, 6) is -1.61. The first-order valence-corrected chi connectivity index (χ1v) is 19.2. The number of likely N-dealkylation sites (N-methyl/N-ethyl adjacent to an activating group) is 2. The van der Waals surface area contributed by atoms with E-state index in [1.165, 1.54) is 17.4 Å². The second-order valence-electron chi connectivity index (χ2n) is 14.4. The number of aliphatic hydroxyl groups excluding tert-OH is 1. The molecule has 1 aromatic carbocycles. The Balaban J connectivity index is 1.71. The SMILES string of the molecule is C=CCOC(=O)[C@@H](C)C[C@H](Cc1ccccc1)NC(=O)c1csc([C@H](O)C[C@H](C(C)C)N(C)C(=O)[C@@H](NC(=O)[C@H]2CCCCN2C)[C@@H](C)CC)n1. The summed E-state index contributed by atoms with van der Waals surface area (Å²) < 4.78 is 5.23. The third-order valence-corrected chi connectivity index (χ3v) is 11.0. The molecule has 0 saturated carbocycles. The molecular weight excluding hydrogens is 667 g/mol. The van der Waals surface area contributed by atoms with E-state index >= 15 is 0 Å². The van der Waals surface area contributed by atoms with E-state index in [1.807, 2.05) is 65.1 Å². The van der Waals surface area contributed by atoms with E-state index in [-0.39, 0.29) is 66.5 Å². The number of esters is 1. The highest BCUT2D eigenvalue weighted by molar-refractivity contribution is 7.09. The van der Waals surface area contributed by atoms with E-state index in [1.54, 1.807) is 24.3 Å². The minimum absolute atomic E-state index is 0.00648. The Hall–Kier alpha value is -3.61. The topological polar surface area (TPSA) is 141 Å². The Morgan fingerprint density at radius 3 is 2.45 bits per heavy atom. The van der Waals surface area contributed by atoms with Crippen LogP contribution >= 0.6 is 11.3 Å². The molecule has 1 saturated heterocycles. The zero-order valence-electron chi connectivity index (χ0n) is 31.5. The lowest BCUT2D eigenvalue weighted by molar-refractivity contribution is -0.147. The molecular formula is C39H59N5O6S. The van der Waals surface area contributed by atoms with Crippen LogP contribution in [0.25, 0.3) is 0 Å². The van der Waals surface area contributed by atoms with Gasteiger partial charge < -0.3 is 25.4 Å². The van der Waals surface area contributed by atoms with E-state index in [2.05, 4.69) is 27.1 Å². The lowest BCUT2D eigenvalue weighted by Gasteiger charge is -2.38. The molecule has 1 aliphatic heterocycles. The third kappa shape index (κ3) is 12.2. The Morgan fingerprint density at radius 1 is 1.12 bits per heavy atom. The van der Waals surface area contributed by atoms with Crippen LogP contribution < -0.4 is 10.6 Å². The number of rotatable bonds is 19. The van der Waals surface area contributed by atoms with E-state index in [0.717, 1.165) is 31.4 Å². The number of piperidine rings is 1. The highest BCUT2D eigenvalue weighted by Gasteiger charge is 2.36. The molecule has 11 nitrogen and oxygen atoms in total. The summed E-state index contributed by atoms with van der Waals surface area (Å²) in [7, 11) is 3.68. The quantitative estimate of drug-likeness (QED) is 0.133. The second kappa shape index (κ2) is 20.4. The van der Waals surface area contributed by atoms with E-state index in [4.69, 9.17) is 4.74 Å². The number of hydrogen-bond donors (Lipinski definition) is 3. The van der Waals surface area contributed by atoms with Crippen molar-refractivity contribution in [2.45, 2.75) is 110 Å². The van der Waals surface area contributed by atoms with Crippen molar-refractivity contribution in [3.63, 3.8) is 0 Å². The maximum Gasteiger partial charge on any atom is 0.309 e. The number of thiazole rings is 1. The lowest BCUT2D eigenvalue weighted by Crippen LogP contribution is -2.58. The van der Waals surface area contributed by atoms with Gasteiger partial charge >= 0.3 is 5.97 Å². The van der Waals surface area contributed by atoms with E-state index < -0.39 is 24.0 Å². The lowest BCUT2D eigenvalue weighted by atomic mass is 9.92. The molecule has 1 aliphatic rings. The fraction of sp³-hybridized carbons (Fsp3) is 0.615. The molecule has 3 N–H and O–H groups in total. The van der Waals surface area contributed by atoms with Crippen LogP contribution in [0.1, 0.15) is 100 Å². The Labute approximate surface area is 308 Å². The first kappa shape index (κ1) is 41.8. The van der Waals surface area contributed by atoms with Gasteiger partial charge in [0.1, 0.15) is 29.5 Å². The maximum atomic E-state index is 14.0. The van der Waals surface area contributed by atoms with Gasteiger partial charge in [-0.1, -0.05) is 90.4 Å². The van der Waals surface area contributed by atoms with Gasteiger partial charge in [-0.3, -0.25) is 24.1 Å². The molecule has 3 rings (SSSR count). The van der Waals surface area contributed by atoms with Gasteiger partial charge in [0.25, 0.3) is 5.91 Å². The molecule has 51 heavy (non-hydrogen) atoms. The number of likely N-dealkylation sites (tertiary alicyclic amines) is 1. The van der Waals surface area contributed by atoms with Gasteiger partial charge in [-0.15, -0.1) is 11.3 Å². The number of hydrogen-bond acceptors (Lipinski definition) is 9. The van der Waals surface area contributed by atoms with Crippen LogP contribution in [0.2, 0.25) is 0 Å². The average Bonchev–Trinajstić information content (AvgIpc) is 3.62. The molecule has 0 radical (unpaired) electrons. The smallest absolute Gasteiger partial charge is 0.309 e. The molecule has 1 aromatic heterocycles. The van der Waals surface area contributed by atoms with Gasteiger partial charge in [-0.2, -0.15) is 0 Å². The maximum absolute atomic E-state index is 14.0. The Kier molecular flexibility index (Phi) is 16.8. The number of aliphatic hydroxyl groups is 1. The largest absolute Gasteiger partial charge is 0.461 e. The second-order valence-corrected chi connectivity index (χ2v) is 15.3. The van der Waals surface area contributed by atoms with Gasteiger partial charge in [-0.05, 0) is 56.7 Å². The van der Waals surface area contributed by atoms with Gasteiger partial charge in [0, 0.05) is 30.9 Å². The van der Waals surface area contributed by atoms with E-state index in [0.29, 0.717) is 24.3 Å². The molecule has 1 fully saturated rings. The normalized spacial score (nSPS) is 18.5. The van der Waals surface area contributed by atoms with Crippen LogP contribution in [0.15, 0.2) is 48.4 Å². The molecule has 0 bridgehead atoms. The zero-order valence-corrected chi connectivity index (χ0v) is 32.3. The zero-order chi connectivity index (χ0) is 37.7. The first-order chi connectivity index (χ1) is 24.3. The van der Waals surface area contributed by atoms with Crippen molar-refractivity contribution in [2.75, 3.05) is 27.2 Å². The number of carbonyl (C=O) groups is 4. The number of nitrogens with one attached hydrogen (secondary N) is 2. The van der Waals surface area contributed by atoms with Crippen LogP contribution in [0.4, 0.5) is 0 Å². The van der Waals surface area contributed by atoms with Crippen molar-refractivity contribution in [1.29, 1.82) is 0 Å². The molecule has 12 heteroatoms. The standard InChI is InChI=1S/C39H59N5O6S/c1-9-20-50-39(49)27(6)21-29(22-28-16-12-11-13-17-28)40-35(46)30-24-51-37(41-30)33(45)23-32(25(3)4)44(8)38(48)34(26(5)10-2)42-36(47)31-18-14-15-19-43(31)7/h9,11-13,16-17,24-27,29,31-34,45H,1,10,14-15,18-23H2,2-8H3,(H,40,46)(H,42,47)/t26-,27-,29+,31+,32+,33+,34-/m0/s1. The van der Waals surface area contributed by atoms with E-state index in [9.17, 15) is 24.3 Å². The summed E-state index contributed by atoms with van der Waals surface area (Å²) in [6, 6.07) is 8.05. The number of nitrogens with zero attached hydrogens (tertiary/aromatic N) is 3. The van der Waals surface area contributed by atoms with Gasteiger partial charge in [0.2, 0.25) is 11.8 Å². The van der Waals surface area contributed by atoms with Crippen LogP contribution in [0.5, 0.6) is 0 Å². The number of ether oxygens (including phenoxy) is 1.